The number of unbranched alkanes of at least 4 members (excludes halogenated alkanes) is 3. The van der Waals surface area contributed by atoms with Crippen LogP contribution >= 0.6 is 0 Å². The Hall–Kier alpha value is 0.679. The Morgan fingerprint density at radius 1 is 0.571 bits per heavy atom. The van der Waals surface area contributed by atoms with Crippen LogP contribution in [0.4, 0.5) is 0 Å². The van der Waals surface area contributed by atoms with E-state index >= 15 is 0 Å². The van der Waals surface area contributed by atoms with Crippen LogP contribution in [0.2, 0.25) is 13.3 Å². The first-order chi connectivity index (χ1) is 13.4. The van der Waals surface area contributed by atoms with E-state index in [2.05, 4.69) is 72.1 Å². The third-order valence-corrected chi connectivity index (χ3v) is 14.8. The quantitative estimate of drug-likeness (QED) is 0.153. The summed E-state index contributed by atoms with van der Waals surface area (Å²) in [4.78, 5) is 4.64. The zero-order chi connectivity index (χ0) is 21.8. The molecule has 0 saturated carbocycles. The number of nitrogens with zero attached hydrogens (tertiary/aromatic N) is 2. The molecule has 0 rings (SSSR count). The molecule has 3 nitrogen and oxygen atoms in total. The molecule has 170 valence electrons. The average molecular weight is 506 g/mol. The topological polar surface area (TPSA) is 15.7 Å². The number of rotatable bonds is 17. The molecule has 2 atom stereocenters. The summed E-state index contributed by atoms with van der Waals surface area (Å²) in [6.07, 6.45) is 9.26. The van der Waals surface area contributed by atoms with Gasteiger partial charge in [0.15, 0.2) is 0 Å². The normalized spacial score (nSPS) is 13.4. The van der Waals surface area contributed by atoms with E-state index in [1.165, 1.54) is 38.5 Å². The molecule has 0 aliphatic rings. The molecule has 0 aromatic rings. The van der Waals surface area contributed by atoms with Crippen LogP contribution in [0, 0.1) is 0 Å². The van der Waals surface area contributed by atoms with Gasteiger partial charge in [0.2, 0.25) is 0 Å². The van der Waals surface area contributed by atoms with Gasteiger partial charge in [0, 0.05) is 0 Å². The summed E-state index contributed by atoms with van der Waals surface area (Å²) >= 11 is -0.839. The van der Waals surface area contributed by atoms with Gasteiger partial charge in [-0.15, -0.1) is 0 Å². The standard InChI is InChI=1S/C12H28N2O.3C4H9.Sn/c1-7-13(8-2)11(5)15-12(6)14(9-3)10-4;3*1-3-4-2;/h11-12H,7-10H2,1-6H3;3*1,3-4H2,2H3;/q;;;;+1. The van der Waals surface area contributed by atoms with Crippen LogP contribution < -0.4 is 0 Å². The van der Waals surface area contributed by atoms with Gasteiger partial charge in [-0.25, -0.2) is 0 Å². The van der Waals surface area contributed by atoms with E-state index in [4.69, 9.17) is 4.74 Å². The van der Waals surface area contributed by atoms with Crippen LogP contribution in [0.1, 0.15) is 101 Å². The van der Waals surface area contributed by atoms with E-state index in [9.17, 15) is 0 Å². The summed E-state index contributed by atoms with van der Waals surface area (Å²) in [6.45, 7) is 24.1. The molecular weight excluding hydrogens is 451 g/mol. The third kappa shape index (κ3) is 16.5. The van der Waals surface area contributed by atoms with E-state index in [1.807, 2.05) is 0 Å². The van der Waals surface area contributed by atoms with Crippen molar-refractivity contribution < 1.29 is 4.74 Å². The van der Waals surface area contributed by atoms with Crippen LogP contribution in [0.15, 0.2) is 0 Å². The van der Waals surface area contributed by atoms with Crippen molar-refractivity contribution in [1.82, 2.24) is 9.80 Å². The molecule has 28 heavy (non-hydrogen) atoms. The molecule has 0 fully saturated rings. The Balaban J connectivity index is 0. The van der Waals surface area contributed by atoms with E-state index in [1.54, 1.807) is 13.3 Å². The van der Waals surface area contributed by atoms with Crippen molar-refractivity contribution in [3.05, 3.63) is 0 Å². The second kappa shape index (κ2) is 22.4. The molecule has 0 aromatic carbocycles. The van der Waals surface area contributed by atoms with Crippen LogP contribution in [0.3, 0.4) is 0 Å². The molecule has 2 unspecified atom stereocenters. The van der Waals surface area contributed by atoms with Gasteiger partial charge < -0.3 is 4.74 Å². The summed E-state index contributed by atoms with van der Waals surface area (Å²) < 4.78 is 11.0. The Labute approximate surface area is 186 Å². The van der Waals surface area contributed by atoms with E-state index in [-0.39, 0.29) is 12.5 Å². The molecule has 0 aromatic heterocycles. The van der Waals surface area contributed by atoms with Crippen molar-refractivity contribution in [3.63, 3.8) is 0 Å². The minimum absolute atomic E-state index is 0.204. The first kappa shape index (κ1) is 30.9. The fourth-order valence-electron chi connectivity index (χ4n) is 3.59. The molecule has 0 spiro atoms. The van der Waals surface area contributed by atoms with Crippen molar-refractivity contribution >= 4 is 19.8 Å². The summed E-state index contributed by atoms with van der Waals surface area (Å²) in [5.41, 5.74) is 0. The third-order valence-electron chi connectivity index (χ3n) is 5.70. The van der Waals surface area contributed by atoms with Crippen molar-refractivity contribution in [2.24, 2.45) is 0 Å². The van der Waals surface area contributed by atoms with E-state index < -0.39 is 19.8 Å². The fraction of sp³-hybridized carbons (Fsp3) is 1.00. The van der Waals surface area contributed by atoms with Crippen LogP contribution in [0.5, 0.6) is 0 Å². The van der Waals surface area contributed by atoms with Crippen molar-refractivity contribution in [3.8, 4) is 0 Å². The summed E-state index contributed by atoms with van der Waals surface area (Å²) in [5.74, 6) is 0. The maximum Gasteiger partial charge on any atom is 0.109 e. The van der Waals surface area contributed by atoms with Crippen molar-refractivity contribution in [2.75, 3.05) is 26.2 Å². The minimum Gasteiger partial charge on any atom is -0.345 e. The first-order valence-electron chi connectivity index (χ1n) is 12.4. The van der Waals surface area contributed by atoms with Crippen molar-refractivity contribution in [1.29, 1.82) is 0 Å². The van der Waals surface area contributed by atoms with Gasteiger partial charge in [-0.1, -0.05) is 27.7 Å². The predicted octanol–water partition coefficient (Wildman–Crippen LogP) is 7.26. The summed E-state index contributed by atoms with van der Waals surface area (Å²) in [6, 6.07) is 0. The van der Waals surface area contributed by atoms with Crippen molar-refractivity contribution in [2.45, 2.75) is 127 Å². The maximum atomic E-state index is 5.99. The van der Waals surface area contributed by atoms with Gasteiger partial charge in [-0.3, -0.25) is 9.80 Å². The Morgan fingerprint density at radius 2 is 0.857 bits per heavy atom. The summed E-state index contributed by atoms with van der Waals surface area (Å²) in [7, 11) is 0. The van der Waals surface area contributed by atoms with Crippen LogP contribution in [-0.4, -0.2) is 68.2 Å². The second-order valence-corrected chi connectivity index (χ2v) is 16.4. The molecule has 0 radical (unpaired) electrons. The van der Waals surface area contributed by atoms with Gasteiger partial charge in [-0.05, 0) is 40.0 Å². The number of hydrogen-bond acceptors (Lipinski definition) is 3. The molecule has 0 N–H and O–H groups in total. The molecular formula is C24H55N2OSn+. The van der Waals surface area contributed by atoms with Crippen LogP contribution in [0.25, 0.3) is 0 Å². The van der Waals surface area contributed by atoms with E-state index in [0.29, 0.717) is 0 Å². The van der Waals surface area contributed by atoms with Crippen LogP contribution in [-0.2, 0) is 4.74 Å². The minimum atomic E-state index is -0.839. The smallest absolute Gasteiger partial charge is 0.109 e. The molecule has 0 aliphatic heterocycles. The fourth-order valence-corrected chi connectivity index (χ4v) is 13.0. The van der Waals surface area contributed by atoms with E-state index in [0.717, 1.165) is 26.2 Å². The monoisotopic (exact) mass is 507 g/mol. The zero-order valence-electron chi connectivity index (χ0n) is 21.1. The largest absolute Gasteiger partial charge is 0.345 e. The first-order valence-corrected chi connectivity index (χ1v) is 18.5. The molecule has 0 saturated heterocycles. The molecule has 0 aliphatic carbocycles. The van der Waals surface area contributed by atoms with Gasteiger partial charge in [0.25, 0.3) is 0 Å². The van der Waals surface area contributed by atoms with Gasteiger partial charge >= 0.3 is 92.4 Å². The summed E-state index contributed by atoms with van der Waals surface area (Å²) in [5, 5.41) is 0. The Bertz CT molecular complexity index is 261. The predicted molar refractivity (Wildman–Crippen MR) is 131 cm³/mol. The van der Waals surface area contributed by atoms with Gasteiger partial charge in [-0.2, -0.15) is 0 Å². The SMILES string of the molecule is CCC[CH2][Sn+]([CH2]CCC)[CH2]CCC.CCN(CC)C(C)OC(C)N(CC)CC. The Morgan fingerprint density at radius 3 is 1.07 bits per heavy atom. The maximum absolute atomic E-state index is 5.99. The Kier molecular flexibility index (Phi) is 24.7. The molecule has 4 heteroatoms. The molecule has 0 amide bonds. The second-order valence-electron chi connectivity index (χ2n) is 7.84. The average Bonchev–Trinajstić information content (AvgIpc) is 2.69. The molecule has 0 heterocycles. The van der Waals surface area contributed by atoms with Gasteiger partial charge in [0.05, 0.1) is 0 Å². The van der Waals surface area contributed by atoms with Gasteiger partial charge in [0.1, 0.15) is 12.5 Å². The number of ether oxygens (including phenoxy) is 1. The molecule has 0 bridgehead atoms. The zero-order valence-corrected chi connectivity index (χ0v) is 24.0. The number of hydrogen-bond donors (Lipinski definition) is 0.